The number of hydrogen-bond donors (Lipinski definition) is 0. The molecule has 0 unspecified atom stereocenters. The molecular formula is C22H45O2Sn+. The third-order valence-electron chi connectivity index (χ3n) is 4.97. The molecule has 0 N–H and O–H groups in total. The summed E-state index contributed by atoms with van der Waals surface area (Å²) in [4.78, 5) is 11.9. The van der Waals surface area contributed by atoms with Gasteiger partial charge in [0.05, 0.1) is 0 Å². The van der Waals surface area contributed by atoms with E-state index in [0.29, 0.717) is 6.42 Å². The van der Waals surface area contributed by atoms with Crippen LogP contribution in [0, 0.1) is 0 Å². The molecule has 0 aliphatic carbocycles. The van der Waals surface area contributed by atoms with Crippen LogP contribution >= 0.6 is 0 Å². The van der Waals surface area contributed by atoms with E-state index in [2.05, 4.69) is 20.8 Å². The quantitative estimate of drug-likeness (QED) is 0.113. The summed E-state index contributed by atoms with van der Waals surface area (Å²) >= 11 is -1.25. The van der Waals surface area contributed by atoms with Gasteiger partial charge >= 0.3 is 146 Å². The zero-order valence-electron chi connectivity index (χ0n) is 17.5. The molecule has 2 nitrogen and oxygen atoms in total. The first-order chi connectivity index (χ1) is 12.2. The second-order valence-corrected chi connectivity index (χ2v) is 16.1. The van der Waals surface area contributed by atoms with Crippen molar-refractivity contribution in [2.75, 3.05) is 6.61 Å². The molecule has 0 amide bonds. The predicted octanol–water partition coefficient (Wildman–Crippen LogP) is 7.55. The van der Waals surface area contributed by atoms with E-state index in [9.17, 15) is 4.79 Å². The Balaban J connectivity index is 3.51. The Morgan fingerprint density at radius 2 is 1.12 bits per heavy atom. The van der Waals surface area contributed by atoms with Crippen molar-refractivity contribution in [3.63, 3.8) is 0 Å². The number of esters is 1. The topological polar surface area (TPSA) is 26.3 Å². The Hall–Kier alpha value is 0.269. The molecule has 0 aromatic carbocycles. The fourth-order valence-electron chi connectivity index (χ4n) is 3.19. The molecule has 0 heterocycles. The second-order valence-electron chi connectivity index (χ2n) is 7.51. The molecule has 0 aromatic rings. The van der Waals surface area contributed by atoms with Gasteiger partial charge in [-0.2, -0.15) is 0 Å². The molecule has 0 radical (unpaired) electrons. The van der Waals surface area contributed by atoms with Gasteiger partial charge < -0.3 is 0 Å². The predicted molar refractivity (Wildman–Crippen MR) is 113 cm³/mol. The van der Waals surface area contributed by atoms with Crippen molar-refractivity contribution in [3.05, 3.63) is 0 Å². The first-order valence-electron chi connectivity index (χ1n) is 11.2. The van der Waals surface area contributed by atoms with Gasteiger partial charge in [0.1, 0.15) is 0 Å². The average molecular weight is 460 g/mol. The molecular weight excluding hydrogens is 415 g/mol. The first kappa shape index (κ1) is 25.3. The number of carbonyl (C=O) groups excluding carboxylic acids is 1. The number of rotatable bonds is 19. The van der Waals surface area contributed by atoms with E-state index >= 15 is 0 Å². The van der Waals surface area contributed by atoms with Crippen molar-refractivity contribution in [3.8, 4) is 0 Å². The van der Waals surface area contributed by atoms with E-state index in [1.54, 1.807) is 0 Å². The fraction of sp³-hybridized carbons (Fsp3) is 0.955. The average Bonchev–Trinajstić information content (AvgIpc) is 2.62. The number of carbonyl (C=O) groups is 1. The van der Waals surface area contributed by atoms with Crippen molar-refractivity contribution < 1.29 is 9.53 Å². The summed E-state index contributed by atoms with van der Waals surface area (Å²) in [6.45, 7) is 7.55. The molecule has 0 bridgehead atoms. The Morgan fingerprint density at radius 1 is 0.640 bits per heavy atom. The van der Waals surface area contributed by atoms with Gasteiger partial charge in [-0.3, -0.25) is 0 Å². The first-order valence-corrected chi connectivity index (χ1v) is 17.3. The van der Waals surface area contributed by atoms with Crippen molar-refractivity contribution >= 4 is 25.7 Å². The molecule has 25 heavy (non-hydrogen) atoms. The second kappa shape index (κ2) is 20.6. The summed E-state index contributed by atoms with van der Waals surface area (Å²) in [7, 11) is 0. The minimum absolute atomic E-state index is 0.0525. The van der Waals surface area contributed by atoms with Gasteiger partial charge in [-0.05, 0) is 0 Å². The van der Waals surface area contributed by atoms with Crippen molar-refractivity contribution in [2.24, 2.45) is 0 Å². The zero-order chi connectivity index (χ0) is 18.6. The van der Waals surface area contributed by atoms with Gasteiger partial charge in [0, 0.05) is 0 Å². The summed E-state index contributed by atoms with van der Waals surface area (Å²) < 4.78 is 9.76. The number of hydrogen-bond acceptors (Lipinski definition) is 2. The van der Waals surface area contributed by atoms with Gasteiger partial charge in [0.2, 0.25) is 0 Å². The van der Waals surface area contributed by atoms with Crippen LogP contribution in [0.4, 0.5) is 0 Å². The van der Waals surface area contributed by atoms with Crippen LogP contribution in [0.25, 0.3) is 0 Å². The van der Waals surface area contributed by atoms with Gasteiger partial charge in [0.25, 0.3) is 0 Å². The van der Waals surface area contributed by atoms with E-state index < -0.39 is 19.8 Å². The van der Waals surface area contributed by atoms with Crippen LogP contribution in [0.1, 0.15) is 111 Å². The summed E-state index contributed by atoms with van der Waals surface area (Å²) in [5, 5.41) is 0. The van der Waals surface area contributed by atoms with Gasteiger partial charge in [-0.1, -0.05) is 19.8 Å². The molecule has 0 rings (SSSR count). The van der Waals surface area contributed by atoms with Crippen molar-refractivity contribution in [2.45, 2.75) is 124 Å². The molecule has 0 saturated heterocycles. The van der Waals surface area contributed by atoms with Gasteiger partial charge in [-0.15, -0.1) is 0 Å². The van der Waals surface area contributed by atoms with Crippen LogP contribution in [-0.4, -0.2) is 32.3 Å². The number of ether oxygens (including phenoxy) is 1. The maximum atomic E-state index is 11.9. The maximum absolute atomic E-state index is 11.9. The molecule has 0 aliphatic heterocycles. The minimum atomic E-state index is -1.25. The molecule has 0 aromatic heterocycles. The van der Waals surface area contributed by atoms with E-state index in [0.717, 1.165) is 13.0 Å². The normalized spacial score (nSPS) is 10.8. The Bertz CT molecular complexity index is 273. The van der Waals surface area contributed by atoms with Crippen LogP contribution < -0.4 is 0 Å². The summed E-state index contributed by atoms with van der Waals surface area (Å²) in [6, 6.07) is 0. The molecule has 0 atom stereocenters. The van der Waals surface area contributed by atoms with E-state index in [4.69, 9.17) is 4.74 Å². The van der Waals surface area contributed by atoms with Crippen LogP contribution in [-0.2, 0) is 9.53 Å². The summed E-state index contributed by atoms with van der Waals surface area (Å²) in [6.07, 6.45) is 17.7. The molecule has 3 heteroatoms. The van der Waals surface area contributed by atoms with E-state index in [1.165, 1.54) is 90.4 Å². The summed E-state index contributed by atoms with van der Waals surface area (Å²) in [5.74, 6) is 0.0525. The van der Waals surface area contributed by atoms with E-state index in [-0.39, 0.29) is 5.97 Å². The Kier molecular flexibility index (Phi) is 20.8. The molecule has 0 aliphatic rings. The Labute approximate surface area is 165 Å². The molecule has 148 valence electrons. The van der Waals surface area contributed by atoms with Crippen molar-refractivity contribution in [1.29, 1.82) is 0 Å². The SMILES string of the molecule is CCCCCCCCCCCC(=O)OC[CH2][Sn+]([CH2]CCC)[CH2]CCC. The number of unbranched alkanes of at least 4 members (excludes halogenated alkanes) is 10. The molecule has 0 spiro atoms. The molecule has 0 saturated carbocycles. The zero-order valence-corrected chi connectivity index (χ0v) is 20.4. The van der Waals surface area contributed by atoms with Crippen LogP contribution in [0.15, 0.2) is 0 Å². The Morgan fingerprint density at radius 3 is 1.64 bits per heavy atom. The van der Waals surface area contributed by atoms with Gasteiger partial charge in [0.15, 0.2) is 0 Å². The van der Waals surface area contributed by atoms with Crippen LogP contribution in [0.2, 0.25) is 13.3 Å². The monoisotopic (exact) mass is 461 g/mol. The fourth-order valence-corrected chi connectivity index (χ4v) is 11.3. The van der Waals surface area contributed by atoms with Crippen LogP contribution in [0.3, 0.4) is 0 Å². The van der Waals surface area contributed by atoms with Crippen LogP contribution in [0.5, 0.6) is 0 Å². The van der Waals surface area contributed by atoms with Crippen molar-refractivity contribution in [1.82, 2.24) is 0 Å². The molecule has 0 fully saturated rings. The van der Waals surface area contributed by atoms with Gasteiger partial charge in [-0.25, -0.2) is 0 Å². The third-order valence-corrected chi connectivity index (χ3v) is 13.6. The third kappa shape index (κ3) is 18.8. The van der Waals surface area contributed by atoms with E-state index in [1.807, 2.05) is 0 Å². The summed E-state index contributed by atoms with van der Waals surface area (Å²) in [5.41, 5.74) is 0. The standard InChI is InChI=1S/C14H27O2.2C4H9.Sn/c1-3-5-6-7-8-9-10-11-12-13-14(15)16-4-2;2*1-3-4-2;/h2-13H2,1H3;2*1,3-4H2,2H3;/q;;;+1.